The van der Waals surface area contributed by atoms with E-state index in [2.05, 4.69) is 19.9 Å². The molecular formula is C24H22ClN7O2S. The summed E-state index contributed by atoms with van der Waals surface area (Å²) in [6, 6.07) is 8.47. The number of anilines is 1. The number of nitrogens with one attached hydrogen (secondary N) is 1. The minimum Gasteiger partial charge on any atom is -0.508 e. The standard InChI is InChI=1S/C24H22ClN7O2S/c1-3-16-20(25)19-22(29-16)30-24(35-15-10-17-21(28-11-15)27-8-7-26-17)31-23(19)32(2)12-18(34)13-5-4-6-14(33)9-13/h4-11,18,33-34H,3,12H2,1-2H3,(H,29,30,31). The van der Waals surface area contributed by atoms with Gasteiger partial charge < -0.3 is 20.1 Å². The van der Waals surface area contributed by atoms with Crippen LogP contribution in [0.2, 0.25) is 5.02 Å². The van der Waals surface area contributed by atoms with Crippen LogP contribution in [0.1, 0.15) is 24.3 Å². The fourth-order valence-corrected chi connectivity index (χ4v) is 4.93. The Kier molecular flexibility index (Phi) is 6.42. The first-order valence-corrected chi connectivity index (χ1v) is 12.1. The Morgan fingerprint density at radius 2 is 1.97 bits per heavy atom. The molecule has 0 bridgehead atoms. The van der Waals surface area contributed by atoms with E-state index in [9.17, 15) is 10.2 Å². The van der Waals surface area contributed by atoms with Crippen molar-refractivity contribution in [3.63, 3.8) is 0 Å². The normalized spacial score (nSPS) is 12.3. The molecule has 1 atom stereocenters. The van der Waals surface area contributed by atoms with Crippen LogP contribution in [-0.4, -0.2) is 53.7 Å². The van der Waals surface area contributed by atoms with Gasteiger partial charge in [0.2, 0.25) is 0 Å². The van der Waals surface area contributed by atoms with E-state index in [-0.39, 0.29) is 12.3 Å². The molecule has 0 aliphatic heterocycles. The van der Waals surface area contributed by atoms with E-state index >= 15 is 0 Å². The van der Waals surface area contributed by atoms with Crippen molar-refractivity contribution in [2.45, 2.75) is 29.5 Å². The Bertz CT molecular complexity index is 1530. The summed E-state index contributed by atoms with van der Waals surface area (Å²) in [5.41, 5.74) is 3.34. The van der Waals surface area contributed by atoms with Crippen molar-refractivity contribution in [2.24, 2.45) is 0 Å². The largest absolute Gasteiger partial charge is 0.508 e. The lowest BCUT2D eigenvalue weighted by atomic mass is 10.1. The molecule has 5 rings (SSSR count). The predicted molar refractivity (Wildman–Crippen MR) is 136 cm³/mol. The Balaban J connectivity index is 1.52. The molecule has 0 radical (unpaired) electrons. The number of phenolic OH excluding ortho intramolecular Hbond substituents is 1. The van der Waals surface area contributed by atoms with Crippen molar-refractivity contribution in [3.05, 3.63) is 65.2 Å². The molecule has 0 amide bonds. The Hall–Kier alpha value is -3.47. The van der Waals surface area contributed by atoms with Gasteiger partial charge in [-0.3, -0.25) is 4.98 Å². The van der Waals surface area contributed by atoms with Crippen LogP contribution in [0.15, 0.2) is 59.0 Å². The number of pyridine rings is 1. The van der Waals surface area contributed by atoms with E-state index in [0.717, 1.165) is 10.6 Å². The monoisotopic (exact) mass is 507 g/mol. The van der Waals surface area contributed by atoms with E-state index in [1.54, 1.807) is 42.9 Å². The SMILES string of the molecule is CCc1[nH]c2nc(Sc3cnc4nccnc4c3)nc(N(C)CC(O)c3cccc(O)c3)c2c1Cl. The molecule has 11 heteroatoms. The number of phenols is 1. The zero-order valence-electron chi connectivity index (χ0n) is 19.0. The number of likely N-dealkylation sites (N-methyl/N-ethyl adjacent to an activating group) is 1. The van der Waals surface area contributed by atoms with Crippen LogP contribution >= 0.6 is 23.4 Å². The summed E-state index contributed by atoms with van der Waals surface area (Å²) in [7, 11) is 1.84. The van der Waals surface area contributed by atoms with Gasteiger partial charge in [-0.2, -0.15) is 0 Å². The van der Waals surface area contributed by atoms with E-state index in [0.29, 0.717) is 50.2 Å². The maximum Gasteiger partial charge on any atom is 0.196 e. The maximum absolute atomic E-state index is 10.8. The van der Waals surface area contributed by atoms with Gasteiger partial charge in [0.1, 0.15) is 22.7 Å². The quantitative estimate of drug-likeness (QED) is 0.272. The van der Waals surface area contributed by atoms with Crippen LogP contribution in [0.4, 0.5) is 5.82 Å². The molecule has 9 nitrogen and oxygen atoms in total. The molecule has 35 heavy (non-hydrogen) atoms. The molecular weight excluding hydrogens is 486 g/mol. The first-order chi connectivity index (χ1) is 16.9. The molecule has 0 fully saturated rings. The highest BCUT2D eigenvalue weighted by Gasteiger charge is 2.22. The lowest BCUT2D eigenvalue weighted by Gasteiger charge is -2.23. The van der Waals surface area contributed by atoms with Crippen molar-refractivity contribution in [3.8, 4) is 5.75 Å². The van der Waals surface area contributed by atoms with Crippen LogP contribution in [0.3, 0.4) is 0 Å². The van der Waals surface area contributed by atoms with E-state index < -0.39 is 6.10 Å². The third-order valence-electron chi connectivity index (χ3n) is 5.55. The topological polar surface area (TPSA) is 124 Å². The number of halogens is 1. The lowest BCUT2D eigenvalue weighted by Crippen LogP contribution is -2.25. The number of aromatic nitrogens is 6. The Morgan fingerprint density at radius 1 is 1.14 bits per heavy atom. The molecule has 0 aliphatic carbocycles. The van der Waals surface area contributed by atoms with Gasteiger partial charge in [-0.1, -0.05) is 30.7 Å². The molecule has 5 aromatic rings. The lowest BCUT2D eigenvalue weighted by molar-refractivity contribution is 0.184. The van der Waals surface area contributed by atoms with Crippen LogP contribution in [0, 0.1) is 0 Å². The molecule has 3 N–H and O–H groups in total. The highest BCUT2D eigenvalue weighted by Crippen LogP contribution is 2.37. The number of benzene rings is 1. The number of aromatic amines is 1. The number of aliphatic hydroxyl groups is 1. The van der Waals surface area contributed by atoms with Gasteiger partial charge in [0.15, 0.2) is 10.8 Å². The smallest absolute Gasteiger partial charge is 0.196 e. The van der Waals surface area contributed by atoms with E-state index in [1.807, 2.05) is 24.9 Å². The van der Waals surface area contributed by atoms with Crippen molar-refractivity contribution in [1.29, 1.82) is 0 Å². The number of aliphatic hydroxyl groups excluding tert-OH is 1. The number of H-pyrrole nitrogens is 1. The average molecular weight is 508 g/mol. The Labute approximate surface area is 210 Å². The summed E-state index contributed by atoms with van der Waals surface area (Å²) >= 11 is 8.04. The molecule has 4 aromatic heterocycles. The number of fused-ring (bicyclic) bond motifs is 2. The van der Waals surface area contributed by atoms with Crippen LogP contribution in [0.5, 0.6) is 5.75 Å². The fourth-order valence-electron chi connectivity index (χ4n) is 3.82. The average Bonchev–Trinajstić information content (AvgIpc) is 3.18. The minimum atomic E-state index is -0.847. The predicted octanol–water partition coefficient (Wildman–Crippen LogP) is 4.54. The van der Waals surface area contributed by atoms with E-state index in [4.69, 9.17) is 21.6 Å². The molecule has 1 aromatic carbocycles. The van der Waals surface area contributed by atoms with Gasteiger partial charge in [-0.15, -0.1) is 0 Å². The van der Waals surface area contributed by atoms with Crippen molar-refractivity contribution in [2.75, 3.05) is 18.5 Å². The summed E-state index contributed by atoms with van der Waals surface area (Å²) in [6.07, 6.45) is 4.80. The number of aryl methyl sites for hydroxylation is 1. The molecule has 1 unspecified atom stereocenters. The summed E-state index contributed by atoms with van der Waals surface area (Å²) in [4.78, 5) is 28.3. The van der Waals surface area contributed by atoms with Gasteiger partial charge in [-0.25, -0.2) is 19.9 Å². The first-order valence-electron chi connectivity index (χ1n) is 10.9. The number of hydrogen-bond donors (Lipinski definition) is 3. The molecule has 0 spiro atoms. The van der Waals surface area contributed by atoms with Crippen molar-refractivity contribution < 1.29 is 10.2 Å². The molecule has 4 heterocycles. The molecule has 0 saturated carbocycles. The summed E-state index contributed by atoms with van der Waals surface area (Å²) in [5.74, 6) is 0.688. The van der Waals surface area contributed by atoms with Gasteiger partial charge in [0, 0.05) is 42.8 Å². The highest BCUT2D eigenvalue weighted by atomic mass is 35.5. The minimum absolute atomic E-state index is 0.0993. The highest BCUT2D eigenvalue weighted by molar-refractivity contribution is 7.99. The second-order valence-corrected chi connectivity index (χ2v) is 9.41. The molecule has 178 valence electrons. The summed E-state index contributed by atoms with van der Waals surface area (Å²) < 4.78 is 0. The number of hydrogen-bond acceptors (Lipinski definition) is 9. The van der Waals surface area contributed by atoms with Crippen LogP contribution in [0.25, 0.3) is 22.2 Å². The van der Waals surface area contributed by atoms with Gasteiger partial charge >= 0.3 is 0 Å². The van der Waals surface area contributed by atoms with Crippen molar-refractivity contribution >= 4 is 51.4 Å². The summed E-state index contributed by atoms with van der Waals surface area (Å²) in [5, 5.41) is 22.3. The first kappa shape index (κ1) is 23.3. The zero-order chi connectivity index (χ0) is 24.5. The Morgan fingerprint density at radius 3 is 2.77 bits per heavy atom. The number of rotatable bonds is 7. The van der Waals surface area contributed by atoms with E-state index in [1.165, 1.54) is 11.8 Å². The van der Waals surface area contributed by atoms with Crippen molar-refractivity contribution in [1.82, 2.24) is 29.9 Å². The third kappa shape index (κ3) is 4.72. The molecule has 0 saturated heterocycles. The summed E-state index contributed by atoms with van der Waals surface area (Å²) in [6.45, 7) is 2.24. The van der Waals surface area contributed by atoms with Gasteiger partial charge in [0.05, 0.1) is 16.5 Å². The molecule has 0 aliphatic rings. The van der Waals surface area contributed by atoms with Gasteiger partial charge in [-0.05, 0) is 41.9 Å². The number of aromatic hydroxyl groups is 1. The fraction of sp³-hybridized carbons (Fsp3) is 0.208. The second kappa shape index (κ2) is 9.65. The van der Waals surface area contributed by atoms with Crippen LogP contribution < -0.4 is 4.90 Å². The van der Waals surface area contributed by atoms with Gasteiger partial charge in [0.25, 0.3) is 0 Å². The number of nitrogens with zero attached hydrogens (tertiary/aromatic N) is 6. The zero-order valence-corrected chi connectivity index (χ0v) is 20.5. The van der Waals surface area contributed by atoms with Crippen LogP contribution in [-0.2, 0) is 6.42 Å². The second-order valence-electron chi connectivity index (χ2n) is 7.99. The maximum atomic E-state index is 10.8. The third-order valence-corrected chi connectivity index (χ3v) is 6.79.